The van der Waals surface area contributed by atoms with Gasteiger partial charge in [0.2, 0.25) is 0 Å². The fourth-order valence-corrected chi connectivity index (χ4v) is 2.26. The van der Waals surface area contributed by atoms with Crippen LogP contribution in [0.1, 0.15) is 19.8 Å². The zero-order chi connectivity index (χ0) is 12.5. The van der Waals surface area contributed by atoms with Crippen molar-refractivity contribution >= 4 is 6.03 Å². The Morgan fingerprint density at radius 2 is 2.29 bits per heavy atom. The third kappa shape index (κ3) is 2.49. The molecule has 2 rings (SSSR count). The molecule has 0 saturated carbocycles. The molecule has 1 atom stereocenters. The number of carbonyl (C=O) groups is 1. The fourth-order valence-electron chi connectivity index (χ4n) is 2.26. The van der Waals surface area contributed by atoms with Crippen LogP contribution in [0.4, 0.5) is 4.79 Å². The van der Waals surface area contributed by atoms with Gasteiger partial charge in [0, 0.05) is 13.7 Å². The van der Waals surface area contributed by atoms with Gasteiger partial charge in [-0.05, 0) is 19.8 Å². The minimum Gasteiger partial charge on any atom is -0.377 e. The number of hydrogen-bond acceptors (Lipinski definition) is 2. The number of rotatable bonds is 1. The molecule has 5 nitrogen and oxygen atoms in total. The first-order valence-corrected chi connectivity index (χ1v) is 5.92. The van der Waals surface area contributed by atoms with E-state index < -0.39 is 0 Å². The van der Waals surface area contributed by atoms with Gasteiger partial charge in [0.05, 0.1) is 19.2 Å². The number of nitrogens with zero attached hydrogens (tertiary/aromatic N) is 3. The summed E-state index contributed by atoms with van der Waals surface area (Å²) in [6.07, 6.45) is 7.41. The quantitative estimate of drug-likeness (QED) is 0.678. The van der Waals surface area contributed by atoms with Gasteiger partial charge in [0.15, 0.2) is 0 Å². The molecule has 0 bridgehead atoms. The van der Waals surface area contributed by atoms with Gasteiger partial charge in [0.25, 0.3) is 6.33 Å². The summed E-state index contributed by atoms with van der Waals surface area (Å²) in [5.41, 5.74) is -0.205. The topological polar surface area (TPSA) is 38.4 Å². The molecule has 2 heterocycles. The molecular weight excluding hydrogens is 218 g/mol. The number of ether oxygens (including phenoxy) is 1. The molecular formula is C12H20N3O2+. The summed E-state index contributed by atoms with van der Waals surface area (Å²) in [5, 5.41) is 0. The normalized spacial score (nSPS) is 25.0. The molecule has 1 unspecified atom stereocenters. The molecule has 1 aliphatic rings. The molecule has 1 aromatic heterocycles. The number of likely N-dealkylation sites (tertiary alicyclic amines) is 1. The summed E-state index contributed by atoms with van der Waals surface area (Å²) in [6, 6.07) is 0.0218. The van der Waals surface area contributed by atoms with Crippen molar-refractivity contribution in [2.75, 3.05) is 20.2 Å². The van der Waals surface area contributed by atoms with E-state index in [1.54, 1.807) is 24.2 Å². The number of piperidine rings is 1. The van der Waals surface area contributed by atoms with Crippen molar-refractivity contribution in [2.45, 2.75) is 25.4 Å². The molecule has 0 radical (unpaired) electrons. The van der Waals surface area contributed by atoms with Crippen molar-refractivity contribution in [2.24, 2.45) is 7.05 Å². The molecule has 94 valence electrons. The second-order valence-electron chi connectivity index (χ2n) is 4.95. The van der Waals surface area contributed by atoms with Crippen molar-refractivity contribution in [1.29, 1.82) is 0 Å². The minimum absolute atomic E-state index is 0.0218. The van der Waals surface area contributed by atoms with Crippen LogP contribution < -0.4 is 4.57 Å². The highest BCUT2D eigenvalue weighted by Crippen LogP contribution is 2.24. The number of imidazole rings is 1. The zero-order valence-electron chi connectivity index (χ0n) is 10.7. The van der Waals surface area contributed by atoms with Crippen molar-refractivity contribution in [3.63, 3.8) is 0 Å². The lowest BCUT2D eigenvalue weighted by Gasteiger charge is -2.38. The van der Waals surface area contributed by atoms with Crippen LogP contribution in [0.5, 0.6) is 0 Å². The second kappa shape index (κ2) is 4.49. The third-order valence-corrected chi connectivity index (χ3v) is 3.41. The maximum atomic E-state index is 12.2. The molecule has 0 aliphatic carbocycles. The summed E-state index contributed by atoms with van der Waals surface area (Å²) in [5.74, 6) is 0. The Bertz CT molecular complexity index is 416. The predicted molar refractivity (Wildman–Crippen MR) is 62.6 cm³/mol. The molecule has 0 N–H and O–H groups in total. The summed E-state index contributed by atoms with van der Waals surface area (Å²) in [6.45, 7) is 3.52. The first kappa shape index (κ1) is 12.1. The van der Waals surface area contributed by atoms with Crippen LogP contribution in [0.15, 0.2) is 18.7 Å². The molecule has 1 fully saturated rings. The van der Waals surface area contributed by atoms with E-state index in [9.17, 15) is 4.79 Å². The van der Waals surface area contributed by atoms with Gasteiger partial charge in [-0.3, -0.25) is 0 Å². The van der Waals surface area contributed by atoms with E-state index in [4.69, 9.17) is 4.74 Å². The minimum atomic E-state index is -0.205. The average Bonchev–Trinajstić information content (AvgIpc) is 2.75. The Balaban J connectivity index is 2.10. The first-order valence-electron chi connectivity index (χ1n) is 5.92. The van der Waals surface area contributed by atoms with E-state index in [0.29, 0.717) is 6.54 Å². The van der Waals surface area contributed by atoms with Gasteiger partial charge in [-0.1, -0.05) is 0 Å². The van der Waals surface area contributed by atoms with E-state index in [0.717, 1.165) is 19.4 Å². The van der Waals surface area contributed by atoms with E-state index in [1.165, 1.54) is 0 Å². The van der Waals surface area contributed by atoms with E-state index >= 15 is 0 Å². The van der Waals surface area contributed by atoms with Crippen LogP contribution in [-0.2, 0) is 11.8 Å². The van der Waals surface area contributed by atoms with Crippen LogP contribution >= 0.6 is 0 Å². The summed E-state index contributed by atoms with van der Waals surface area (Å²) < 4.78 is 8.96. The molecule has 1 saturated heterocycles. The molecule has 1 amide bonds. The first-order chi connectivity index (χ1) is 8.04. The molecule has 17 heavy (non-hydrogen) atoms. The summed E-state index contributed by atoms with van der Waals surface area (Å²) in [7, 11) is 3.61. The Labute approximate surface area is 102 Å². The lowest BCUT2D eigenvalue weighted by atomic mass is 9.95. The van der Waals surface area contributed by atoms with Gasteiger partial charge < -0.3 is 9.64 Å². The predicted octanol–water partition coefficient (Wildman–Crippen LogP) is 0.782. The number of aryl methyl sites for hydroxylation is 1. The van der Waals surface area contributed by atoms with Crippen LogP contribution in [0.3, 0.4) is 0 Å². The maximum Gasteiger partial charge on any atom is 0.415 e. The summed E-state index contributed by atoms with van der Waals surface area (Å²) in [4.78, 5) is 14.1. The standard InChI is InChI=1S/C12H20N3O2/c1-12(17-3)5-4-6-14(9-12)11(16)15-8-7-13(2)10-15/h7-8,10H,4-6,9H2,1-3H3/q+1. The Morgan fingerprint density at radius 1 is 1.53 bits per heavy atom. The maximum absolute atomic E-state index is 12.2. The molecule has 1 aliphatic heterocycles. The SMILES string of the molecule is COC1(C)CCCN(C(=O)n2cc[n+](C)c2)C1. The molecule has 5 heteroatoms. The largest absolute Gasteiger partial charge is 0.415 e. The van der Waals surface area contributed by atoms with Crippen molar-refractivity contribution in [1.82, 2.24) is 9.47 Å². The Kier molecular flexibility index (Phi) is 3.19. The van der Waals surface area contributed by atoms with Crippen LogP contribution in [0.25, 0.3) is 0 Å². The highest BCUT2D eigenvalue weighted by molar-refractivity contribution is 5.76. The number of carbonyl (C=O) groups excluding carboxylic acids is 1. The third-order valence-electron chi connectivity index (χ3n) is 3.41. The van der Waals surface area contributed by atoms with E-state index in [2.05, 4.69) is 6.92 Å². The molecule has 0 spiro atoms. The smallest absolute Gasteiger partial charge is 0.377 e. The number of methoxy groups -OCH3 is 1. The van der Waals surface area contributed by atoms with Gasteiger partial charge in [-0.25, -0.2) is 9.36 Å². The number of hydrogen-bond donors (Lipinski definition) is 0. The van der Waals surface area contributed by atoms with E-state index in [1.807, 2.05) is 22.7 Å². The lowest BCUT2D eigenvalue weighted by molar-refractivity contribution is -0.670. The second-order valence-corrected chi connectivity index (χ2v) is 4.95. The zero-order valence-corrected chi connectivity index (χ0v) is 10.7. The number of aromatic nitrogens is 2. The number of amides is 1. The van der Waals surface area contributed by atoms with Crippen molar-refractivity contribution in [3.8, 4) is 0 Å². The van der Waals surface area contributed by atoms with Crippen LogP contribution in [0, 0.1) is 0 Å². The highest BCUT2D eigenvalue weighted by atomic mass is 16.5. The fraction of sp³-hybridized carbons (Fsp3) is 0.667. The average molecular weight is 238 g/mol. The van der Waals surface area contributed by atoms with Gasteiger partial charge >= 0.3 is 6.03 Å². The molecule has 0 aromatic carbocycles. The van der Waals surface area contributed by atoms with Gasteiger partial charge in [-0.2, -0.15) is 4.57 Å². The van der Waals surface area contributed by atoms with Crippen molar-refractivity contribution in [3.05, 3.63) is 18.7 Å². The lowest BCUT2D eigenvalue weighted by Crippen LogP contribution is -2.50. The Hall–Kier alpha value is -1.36. The van der Waals surface area contributed by atoms with Crippen molar-refractivity contribution < 1.29 is 14.1 Å². The molecule has 1 aromatic rings. The monoisotopic (exact) mass is 238 g/mol. The summed E-state index contributed by atoms with van der Waals surface area (Å²) >= 11 is 0. The Morgan fingerprint density at radius 3 is 2.88 bits per heavy atom. The van der Waals surface area contributed by atoms with Gasteiger partial charge in [-0.15, -0.1) is 0 Å². The van der Waals surface area contributed by atoms with Gasteiger partial charge in [0.1, 0.15) is 12.4 Å². The highest BCUT2D eigenvalue weighted by Gasteiger charge is 2.35. The van der Waals surface area contributed by atoms with Crippen LogP contribution in [-0.4, -0.2) is 41.3 Å². The van der Waals surface area contributed by atoms with Crippen LogP contribution in [0.2, 0.25) is 0 Å². The van der Waals surface area contributed by atoms with E-state index in [-0.39, 0.29) is 11.6 Å².